The molecule has 0 aliphatic carbocycles. The lowest BCUT2D eigenvalue weighted by molar-refractivity contribution is -0.153. The lowest BCUT2D eigenvalue weighted by Crippen LogP contribution is -2.32. The van der Waals surface area contributed by atoms with E-state index in [2.05, 4.69) is 5.32 Å². The second-order valence-electron chi connectivity index (χ2n) is 7.97. The monoisotopic (exact) mass is 413 g/mol. The van der Waals surface area contributed by atoms with Crippen LogP contribution in [0.3, 0.4) is 0 Å². The minimum atomic E-state index is -0.492. The van der Waals surface area contributed by atoms with Gasteiger partial charge < -0.3 is 19.5 Å². The van der Waals surface area contributed by atoms with Gasteiger partial charge in [0.1, 0.15) is 17.5 Å². The van der Waals surface area contributed by atoms with Crippen molar-refractivity contribution in [3.8, 4) is 5.75 Å². The van der Waals surface area contributed by atoms with Crippen LogP contribution < -0.4 is 10.1 Å². The molecule has 0 fully saturated rings. The number of carbonyl (C=O) groups excluding carboxylic acids is 2. The summed E-state index contributed by atoms with van der Waals surface area (Å²) in [4.78, 5) is 23.3. The first-order valence-electron chi connectivity index (χ1n) is 10.1. The molecule has 162 valence electrons. The van der Waals surface area contributed by atoms with E-state index >= 15 is 0 Å². The molecule has 2 aromatic rings. The summed E-state index contributed by atoms with van der Waals surface area (Å²) in [7, 11) is 1.38. The zero-order chi connectivity index (χ0) is 22.0. The molecule has 1 unspecified atom stereocenters. The van der Waals surface area contributed by atoms with E-state index in [1.54, 1.807) is 0 Å². The summed E-state index contributed by atoms with van der Waals surface area (Å²) in [5.41, 5.74) is 1.42. The van der Waals surface area contributed by atoms with Crippen LogP contribution in [0.25, 0.3) is 0 Å². The lowest BCUT2D eigenvalue weighted by atomic mass is 10.1. The molecule has 2 rings (SSSR count). The Kier molecular flexibility index (Phi) is 8.87. The minimum absolute atomic E-state index is 0.154. The van der Waals surface area contributed by atoms with Gasteiger partial charge in [0, 0.05) is 6.42 Å². The molecule has 2 aromatic carbocycles. The molecule has 0 aliphatic rings. The Morgan fingerprint density at radius 2 is 1.63 bits per heavy atom. The van der Waals surface area contributed by atoms with Crippen molar-refractivity contribution in [3.63, 3.8) is 0 Å². The van der Waals surface area contributed by atoms with Crippen LogP contribution in [0.1, 0.15) is 44.4 Å². The number of benzene rings is 2. The molecular weight excluding hydrogens is 382 g/mol. The molecule has 0 saturated carbocycles. The second kappa shape index (κ2) is 11.4. The molecule has 0 radical (unpaired) electrons. The highest BCUT2D eigenvalue weighted by Crippen LogP contribution is 2.25. The summed E-state index contributed by atoms with van der Waals surface area (Å²) in [5, 5.41) is 3.12. The van der Waals surface area contributed by atoms with E-state index in [1.807, 2.05) is 75.4 Å². The molecule has 0 aromatic heterocycles. The first-order valence-corrected chi connectivity index (χ1v) is 10.1. The summed E-state index contributed by atoms with van der Waals surface area (Å²) in [6, 6.07) is 17.4. The van der Waals surface area contributed by atoms with Gasteiger partial charge in [-0.3, -0.25) is 9.59 Å². The molecule has 1 atom stereocenters. The van der Waals surface area contributed by atoms with Gasteiger partial charge in [0.25, 0.3) is 0 Å². The van der Waals surface area contributed by atoms with Gasteiger partial charge in [-0.15, -0.1) is 0 Å². The highest BCUT2D eigenvalue weighted by atomic mass is 16.6. The molecule has 0 aliphatic heterocycles. The van der Waals surface area contributed by atoms with Crippen LogP contribution in [0, 0.1) is 0 Å². The Morgan fingerprint density at radius 1 is 0.967 bits per heavy atom. The molecule has 0 heterocycles. The SMILES string of the molecule is COC(=O)Cc1ccc(OC(CCNCC(=O)OC(C)(C)C)c2ccccc2)cc1. The van der Waals surface area contributed by atoms with Crippen molar-refractivity contribution in [1.29, 1.82) is 0 Å². The van der Waals surface area contributed by atoms with Gasteiger partial charge >= 0.3 is 11.9 Å². The van der Waals surface area contributed by atoms with E-state index in [0.717, 1.165) is 11.1 Å². The zero-order valence-electron chi connectivity index (χ0n) is 18.1. The molecule has 0 amide bonds. The summed E-state index contributed by atoms with van der Waals surface area (Å²) >= 11 is 0. The first-order chi connectivity index (χ1) is 14.3. The Labute approximate surface area is 178 Å². The van der Waals surface area contributed by atoms with Crippen molar-refractivity contribution in [2.75, 3.05) is 20.2 Å². The highest BCUT2D eigenvalue weighted by molar-refractivity contribution is 5.72. The van der Waals surface area contributed by atoms with Crippen LogP contribution in [-0.4, -0.2) is 37.7 Å². The van der Waals surface area contributed by atoms with Gasteiger partial charge in [-0.25, -0.2) is 0 Å². The van der Waals surface area contributed by atoms with Crippen LogP contribution in [0.5, 0.6) is 5.75 Å². The Balaban J connectivity index is 1.94. The summed E-state index contributed by atoms with van der Waals surface area (Å²) in [6.45, 7) is 6.29. The Morgan fingerprint density at radius 3 is 2.23 bits per heavy atom. The largest absolute Gasteiger partial charge is 0.486 e. The fourth-order valence-corrected chi connectivity index (χ4v) is 2.85. The van der Waals surface area contributed by atoms with Crippen LogP contribution in [0.15, 0.2) is 54.6 Å². The molecule has 0 spiro atoms. The number of ether oxygens (including phenoxy) is 3. The van der Waals surface area contributed by atoms with Crippen LogP contribution in [-0.2, 0) is 25.5 Å². The molecule has 0 bridgehead atoms. The predicted molar refractivity (Wildman–Crippen MR) is 115 cm³/mol. The summed E-state index contributed by atoms with van der Waals surface area (Å²) < 4.78 is 16.2. The zero-order valence-corrected chi connectivity index (χ0v) is 18.1. The number of methoxy groups -OCH3 is 1. The van der Waals surface area contributed by atoms with E-state index in [9.17, 15) is 9.59 Å². The number of hydrogen-bond acceptors (Lipinski definition) is 6. The molecule has 0 saturated heterocycles. The van der Waals surface area contributed by atoms with Crippen molar-refractivity contribution < 1.29 is 23.8 Å². The van der Waals surface area contributed by atoms with E-state index in [-0.39, 0.29) is 31.0 Å². The van der Waals surface area contributed by atoms with Gasteiger partial charge in [-0.2, -0.15) is 0 Å². The van der Waals surface area contributed by atoms with E-state index in [0.29, 0.717) is 18.7 Å². The summed E-state index contributed by atoms with van der Waals surface area (Å²) in [6.07, 6.45) is 0.730. The van der Waals surface area contributed by atoms with Crippen LogP contribution >= 0.6 is 0 Å². The standard InChI is InChI=1S/C24H31NO5/c1-24(2,3)30-23(27)17-25-15-14-21(19-8-6-5-7-9-19)29-20-12-10-18(11-13-20)16-22(26)28-4/h5-13,21,25H,14-17H2,1-4H3. The van der Waals surface area contributed by atoms with E-state index in [4.69, 9.17) is 14.2 Å². The lowest BCUT2D eigenvalue weighted by Gasteiger charge is -2.21. The highest BCUT2D eigenvalue weighted by Gasteiger charge is 2.17. The Bertz CT molecular complexity index is 797. The number of rotatable bonds is 10. The van der Waals surface area contributed by atoms with Crippen LogP contribution in [0.4, 0.5) is 0 Å². The maximum absolute atomic E-state index is 11.8. The Hall–Kier alpha value is -2.86. The number of hydrogen-bond donors (Lipinski definition) is 1. The van der Waals surface area contributed by atoms with Gasteiger partial charge in [-0.1, -0.05) is 42.5 Å². The maximum Gasteiger partial charge on any atom is 0.320 e. The van der Waals surface area contributed by atoms with Gasteiger partial charge in [0.15, 0.2) is 0 Å². The minimum Gasteiger partial charge on any atom is -0.486 e. The normalized spacial score (nSPS) is 12.1. The quantitative estimate of drug-likeness (QED) is 0.471. The molecular formula is C24H31NO5. The number of esters is 2. The molecule has 6 nitrogen and oxygen atoms in total. The van der Waals surface area contributed by atoms with E-state index in [1.165, 1.54) is 7.11 Å². The smallest absolute Gasteiger partial charge is 0.320 e. The third-order valence-corrected chi connectivity index (χ3v) is 4.22. The molecule has 6 heteroatoms. The predicted octanol–water partition coefficient (Wildman–Crippen LogP) is 3.84. The van der Waals surface area contributed by atoms with Crippen molar-refractivity contribution in [3.05, 3.63) is 65.7 Å². The van der Waals surface area contributed by atoms with Gasteiger partial charge in [0.05, 0.1) is 20.1 Å². The van der Waals surface area contributed by atoms with Gasteiger partial charge in [-0.05, 0) is 50.6 Å². The molecule has 1 N–H and O–H groups in total. The third kappa shape index (κ3) is 8.66. The first kappa shape index (κ1) is 23.4. The third-order valence-electron chi connectivity index (χ3n) is 4.22. The topological polar surface area (TPSA) is 73.9 Å². The fraction of sp³-hybridized carbons (Fsp3) is 0.417. The van der Waals surface area contributed by atoms with E-state index < -0.39 is 5.60 Å². The molecule has 30 heavy (non-hydrogen) atoms. The number of carbonyl (C=O) groups is 2. The second-order valence-corrected chi connectivity index (χ2v) is 7.97. The van der Waals surface area contributed by atoms with Gasteiger partial charge in [0.2, 0.25) is 0 Å². The van der Waals surface area contributed by atoms with Crippen molar-refractivity contribution in [1.82, 2.24) is 5.32 Å². The average molecular weight is 414 g/mol. The van der Waals surface area contributed by atoms with Crippen LogP contribution in [0.2, 0.25) is 0 Å². The number of nitrogens with one attached hydrogen (secondary N) is 1. The maximum atomic E-state index is 11.8. The van der Waals surface area contributed by atoms with Crippen molar-refractivity contribution >= 4 is 11.9 Å². The fourth-order valence-electron chi connectivity index (χ4n) is 2.85. The summed E-state index contributed by atoms with van der Waals surface area (Å²) in [5.74, 6) is 0.160. The van der Waals surface area contributed by atoms with Crippen molar-refractivity contribution in [2.24, 2.45) is 0 Å². The van der Waals surface area contributed by atoms with Crippen molar-refractivity contribution in [2.45, 2.75) is 45.3 Å². The average Bonchev–Trinajstić information content (AvgIpc) is 2.70.